The van der Waals surface area contributed by atoms with Crippen LogP contribution < -0.4 is 10.1 Å². The number of rotatable bonds is 10. The van der Waals surface area contributed by atoms with Gasteiger partial charge in [-0.05, 0) is 47.2 Å². The van der Waals surface area contributed by atoms with Crippen LogP contribution in [0.15, 0.2) is 78.9 Å². The molecule has 7 nitrogen and oxygen atoms in total. The van der Waals surface area contributed by atoms with Crippen molar-refractivity contribution in [1.82, 2.24) is 10.2 Å². The first kappa shape index (κ1) is 25.9. The largest absolute Gasteiger partial charge is 0.482 e. The molecule has 0 saturated heterocycles. The molecule has 7 heteroatoms. The molecule has 3 aromatic rings. The number of fused-ring (bicyclic) bond motifs is 1. The average molecular weight is 501 g/mol. The number of benzene rings is 3. The van der Waals surface area contributed by atoms with Crippen molar-refractivity contribution in [3.63, 3.8) is 0 Å². The van der Waals surface area contributed by atoms with Gasteiger partial charge in [0.05, 0.1) is 7.11 Å². The summed E-state index contributed by atoms with van der Waals surface area (Å²) in [6.45, 7) is 0.606. The number of nitrogens with one attached hydrogen (secondary N) is 1. The third-order valence-electron chi connectivity index (χ3n) is 6.54. The Hall–Kier alpha value is -4.13. The third kappa shape index (κ3) is 7.19. The van der Waals surface area contributed by atoms with Crippen molar-refractivity contribution in [1.29, 1.82) is 0 Å². The van der Waals surface area contributed by atoms with Crippen LogP contribution in [0.5, 0.6) is 5.75 Å². The monoisotopic (exact) mass is 500 g/mol. The number of nitrogens with zero attached hydrogens (tertiary/aromatic N) is 1. The topological polar surface area (TPSA) is 84.9 Å². The second-order valence-electron chi connectivity index (χ2n) is 9.05. The summed E-state index contributed by atoms with van der Waals surface area (Å²) in [6, 6.07) is 24.8. The minimum Gasteiger partial charge on any atom is -0.482 e. The summed E-state index contributed by atoms with van der Waals surface area (Å²) in [5.74, 6) is -0.173. The fourth-order valence-electron chi connectivity index (χ4n) is 4.48. The van der Waals surface area contributed by atoms with Crippen LogP contribution in [0, 0.1) is 0 Å². The second kappa shape index (κ2) is 12.7. The van der Waals surface area contributed by atoms with Gasteiger partial charge in [-0.15, -0.1) is 0 Å². The highest BCUT2D eigenvalue weighted by molar-refractivity contribution is 5.88. The Morgan fingerprint density at radius 3 is 2.24 bits per heavy atom. The van der Waals surface area contributed by atoms with Gasteiger partial charge in [-0.1, -0.05) is 66.7 Å². The maximum atomic E-state index is 13.4. The summed E-state index contributed by atoms with van der Waals surface area (Å²) in [6.07, 6.45) is 2.05. The van der Waals surface area contributed by atoms with Crippen LogP contribution in [0.2, 0.25) is 0 Å². The number of ether oxygens (including phenoxy) is 2. The van der Waals surface area contributed by atoms with E-state index in [9.17, 15) is 14.4 Å². The molecule has 1 atom stereocenters. The fourth-order valence-corrected chi connectivity index (χ4v) is 4.48. The summed E-state index contributed by atoms with van der Waals surface area (Å²) in [4.78, 5) is 39.8. The van der Waals surface area contributed by atoms with Gasteiger partial charge in [0.25, 0.3) is 0 Å². The van der Waals surface area contributed by atoms with Crippen molar-refractivity contribution in [3.05, 3.63) is 101 Å². The molecule has 0 saturated carbocycles. The van der Waals surface area contributed by atoms with Gasteiger partial charge in [-0.2, -0.15) is 0 Å². The number of hydrogen-bond acceptors (Lipinski definition) is 5. The molecule has 37 heavy (non-hydrogen) atoms. The molecule has 3 aromatic carbocycles. The van der Waals surface area contributed by atoms with Gasteiger partial charge in [-0.25, -0.2) is 4.79 Å². The van der Waals surface area contributed by atoms with Crippen LogP contribution >= 0.6 is 0 Å². The zero-order valence-corrected chi connectivity index (χ0v) is 21.0. The number of aryl methyl sites for hydroxylation is 1. The van der Waals surface area contributed by atoms with E-state index >= 15 is 0 Å². The molecule has 0 radical (unpaired) electrons. The predicted octanol–water partition coefficient (Wildman–Crippen LogP) is 3.48. The molecule has 2 amide bonds. The van der Waals surface area contributed by atoms with Gasteiger partial charge >= 0.3 is 5.97 Å². The van der Waals surface area contributed by atoms with E-state index in [1.54, 1.807) is 11.0 Å². The molecule has 0 unspecified atom stereocenters. The Kier molecular flexibility index (Phi) is 8.92. The normalized spacial score (nSPS) is 14.4. The SMILES string of the molecule is COC(=O)COc1ccc2c(c1)CN(C(=O)CCc1ccccc1)[C@H](C(=O)NCCc1ccccc1)C2. The van der Waals surface area contributed by atoms with Crippen molar-refractivity contribution in [2.24, 2.45) is 0 Å². The zero-order chi connectivity index (χ0) is 26.0. The van der Waals surface area contributed by atoms with Crippen LogP contribution in [0.4, 0.5) is 0 Å². The summed E-state index contributed by atoms with van der Waals surface area (Å²) >= 11 is 0. The van der Waals surface area contributed by atoms with E-state index in [0.717, 1.165) is 28.7 Å². The number of carbonyl (C=O) groups is 3. The molecular formula is C30H32N2O5. The standard InChI is InChI=1S/C30H32N2O5/c1-36-29(34)21-37-26-14-13-24-19-27(30(35)31-17-16-23-10-6-3-7-11-23)32(20-25(24)18-26)28(33)15-12-22-8-4-2-5-9-22/h2-11,13-14,18,27H,12,15-17,19-21H2,1H3,(H,31,35)/t27-/m0/s1. The quantitative estimate of drug-likeness (QED) is 0.431. The van der Waals surface area contributed by atoms with Crippen molar-refractivity contribution in [2.75, 3.05) is 20.3 Å². The van der Waals surface area contributed by atoms with Gasteiger partial charge < -0.3 is 19.7 Å². The lowest BCUT2D eigenvalue weighted by Crippen LogP contribution is -2.52. The van der Waals surface area contributed by atoms with Crippen LogP contribution in [0.1, 0.15) is 28.7 Å². The third-order valence-corrected chi connectivity index (χ3v) is 6.54. The van der Waals surface area contributed by atoms with E-state index in [0.29, 0.717) is 38.1 Å². The molecular weight excluding hydrogens is 468 g/mol. The maximum Gasteiger partial charge on any atom is 0.343 e. The minimum atomic E-state index is -0.589. The molecule has 1 heterocycles. The summed E-state index contributed by atoms with van der Waals surface area (Å²) in [7, 11) is 1.31. The summed E-state index contributed by atoms with van der Waals surface area (Å²) in [5, 5.41) is 3.03. The smallest absolute Gasteiger partial charge is 0.343 e. The average Bonchev–Trinajstić information content (AvgIpc) is 2.94. The van der Waals surface area contributed by atoms with Crippen LogP contribution in [0.25, 0.3) is 0 Å². The molecule has 0 spiro atoms. The molecule has 1 aliphatic rings. The lowest BCUT2D eigenvalue weighted by atomic mass is 9.92. The number of carbonyl (C=O) groups excluding carboxylic acids is 3. The predicted molar refractivity (Wildman–Crippen MR) is 140 cm³/mol. The van der Waals surface area contributed by atoms with Gasteiger partial charge in [0.15, 0.2) is 6.61 Å². The second-order valence-corrected chi connectivity index (χ2v) is 9.05. The Morgan fingerprint density at radius 1 is 0.892 bits per heavy atom. The van der Waals surface area contributed by atoms with Crippen molar-refractivity contribution >= 4 is 17.8 Å². The van der Waals surface area contributed by atoms with Gasteiger partial charge in [0.2, 0.25) is 11.8 Å². The number of amides is 2. The highest BCUT2D eigenvalue weighted by atomic mass is 16.6. The van der Waals surface area contributed by atoms with E-state index in [1.807, 2.05) is 72.8 Å². The van der Waals surface area contributed by atoms with Crippen LogP contribution in [0.3, 0.4) is 0 Å². The van der Waals surface area contributed by atoms with Crippen molar-refractivity contribution in [2.45, 2.75) is 38.3 Å². The highest BCUT2D eigenvalue weighted by Gasteiger charge is 2.34. The number of hydrogen-bond donors (Lipinski definition) is 1. The molecule has 192 valence electrons. The molecule has 0 aliphatic carbocycles. The molecule has 4 rings (SSSR count). The lowest BCUT2D eigenvalue weighted by Gasteiger charge is -2.36. The van der Waals surface area contributed by atoms with Gasteiger partial charge in [-0.3, -0.25) is 9.59 Å². The van der Waals surface area contributed by atoms with E-state index in [-0.39, 0.29) is 18.4 Å². The molecule has 1 aliphatic heterocycles. The van der Waals surface area contributed by atoms with Crippen molar-refractivity contribution in [3.8, 4) is 5.75 Å². The molecule has 0 bridgehead atoms. The Morgan fingerprint density at radius 2 is 1.57 bits per heavy atom. The van der Waals surface area contributed by atoms with Crippen LogP contribution in [-0.2, 0) is 44.9 Å². The molecule has 0 fully saturated rings. The Labute approximate surface area is 217 Å². The Bertz CT molecular complexity index is 1210. The lowest BCUT2D eigenvalue weighted by molar-refractivity contribution is -0.142. The van der Waals surface area contributed by atoms with E-state index in [4.69, 9.17) is 4.74 Å². The fraction of sp³-hybridized carbons (Fsp3) is 0.300. The highest BCUT2D eigenvalue weighted by Crippen LogP contribution is 2.28. The minimum absolute atomic E-state index is 0.0707. The van der Waals surface area contributed by atoms with Crippen molar-refractivity contribution < 1.29 is 23.9 Å². The van der Waals surface area contributed by atoms with E-state index in [2.05, 4.69) is 10.1 Å². The first-order chi connectivity index (χ1) is 18.0. The summed E-state index contributed by atoms with van der Waals surface area (Å²) < 4.78 is 10.2. The number of methoxy groups -OCH3 is 1. The first-order valence-corrected chi connectivity index (χ1v) is 12.5. The zero-order valence-electron chi connectivity index (χ0n) is 21.0. The van der Waals surface area contributed by atoms with Gasteiger partial charge in [0.1, 0.15) is 11.8 Å². The number of esters is 1. The maximum absolute atomic E-state index is 13.4. The van der Waals surface area contributed by atoms with E-state index < -0.39 is 12.0 Å². The molecule has 0 aromatic heterocycles. The van der Waals surface area contributed by atoms with E-state index in [1.165, 1.54) is 7.11 Å². The first-order valence-electron chi connectivity index (χ1n) is 12.5. The molecule has 1 N–H and O–H groups in total. The van der Waals surface area contributed by atoms with Crippen LogP contribution in [-0.4, -0.2) is 49.0 Å². The van der Waals surface area contributed by atoms with Gasteiger partial charge in [0, 0.05) is 25.9 Å². The summed E-state index contributed by atoms with van der Waals surface area (Å²) in [5.41, 5.74) is 4.12. The Balaban J connectivity index is 1.47.